The van der Waals surface area contributed by atoms with Crippen LogP contribution >= 0.6 is 0 Å². The van der Waals surface area contributed by atoms with Crippen LogP contribution in [-0.4, -0.2) is 20.1 Å². The molecule has 21 heavy (non-hydrogen) atoms. The van der Waals surface area contributed by atoms with Crippen molar-refractivity contribution in [2.24, 2.45) is 0 Å². The Morgan fingerprint density at radius 3 is 2.67 bits per heavy atom. The number of nitrogens with one attached hydrogen (secondary N) is 1. The molecule has 0 aliphatic heterocycles. The topological polar surface area (TPSA) is 60.7 Å². The smallest absolute Gasteiger partial charge is 0.224 e. The minimum Gasteiger partial charge on any atom is -0.496 e. The fourth-order valence-electron chi connectivity index (χ4n) is 2.21. The minimum atomic E-state index is -0.0886. The number of carbonyl (C=O) groups is 1. The lowest BCUT2D eigenvalue weighted by Crippen LogP contribution is -2.24. The van der Waals surface area contributed by atoms with Gasteiger partial charge < -0.3 is 19.2 Å². The first kappa shape index (κ1) is 15.0. The Kier molecular flexibility index (Phi) is 4.87. The number of rotatable bonds is 6. The van der Waals surface area contributed by atoms with E-state index in [1.54, 1.807) is 26.5 Å². The van der Waals surface area contributed by atoms with E-state index in [1.165, 1.54) is 0 Å². The number of hydrogen-bond acceptors (Lipinski definition) is 4. The molecule has 0 unspecified atom stereocenters. The molecule has 0 spiro atoms. The van der Waals surface area contributed by atoms with Gasteiger partial charge in [-0.05, 0) is 25.1 Å². The van der Waals surface area contributed by atoms with Gasteiger partial charge in [0, 0.05) is 11.1 Å². The predicted octanol–water partition coefficient (Wildman–Crippen LogP) is 2.46. The highest BCUT2D eigenvalue weighted by Crippen LogP contribution is 2.31. The molecule has 0 bridgehead atoms. The lowest BCUT2D eigenvalue weighted by Gasteiger charge is -2.14. The quantitative estimate of drug-likeness (QED) is 0.887. The third kappa shape index (κ3) is 3.56. The van der Waals surface area contributed by atoms with Crippen LogP contribution in [0.2, 0.25) is 0 Å². The van der Waals surface area contributed by atoms with Crippen molar-refractivity contribution in [2.45, 2.75) is 19.9 Å². The van der Waals surface area contributed by atoms with Gasteiger partial charge in [-0.15, -0.1) is 0 Å². The average Bonchev–Trinajstić information content (AvgIpc) is 2.99. The van der Waals surface area contributed by atoms with E-state index in [0.717, 1.165) is 22.6 Å². The van der Waals surface area contributed by atoms with Crippen molar-refractivity contribution < 1.29 is 18.7 Å². The zero-order valence-electron chi connectivity index (χ0n) is 12.4. The summed E-state index contributed by atoms with van der Waals surface area (Å²) in [6.45, 7) is 2.28. The molecule has 5 heteroatoms. The minimum absolute atomic E-state index is 0.0886. The fourth-order valence-corrected chi connectivity index (χ4v) is 2.21. The first-order chi connectivity index (χ1) is 10.2. The number of furan rings is 1. The van der Waals surface area contributed by atoms with E-state index in [4.69, 9.17) is 13.9 Å². The Labute approximate surface area is 123 Å². The third-order valence-electron chi connectivity index (χ3n) is 3.25. The van der Waals surface area contributed by atoms with Gasteiger partial charge in [0.15, 0.2) is 0 Å². The normalized spacial score (nSPS) is 10.2. The fraction of sp³-hybridized carbons (Fsp3) is 0.312. The standard InChI is InChI=1S/C16H19NO4/c1-11-14(19-2)7-6-12(16(11)20-3)9-15(18)17-10-13-5-4-8-21-13/h4-8H,9-10H2,1-3H3,(H,17,18). The van der Waals surface area contributed by atoms with Gasteiger partial charge in [0.05, 0.1) is 33.4 Å². The van der Waals surface area contributed by atoms with Crippen molar-refractivity contribution in [3.05, 3.63) is 47.4 Å². The largest absolute Gasteiger partial charge is 0.496 e. The number of hydrogen-bond donors (Lipinski definition) is 1. The molecular formula is C16H19NO4. The van der Waals surface area contributed by atoms with Gasteiger partial charge in [-0.3, -0.25) is 4.79 Å². The molecule has 1 aromatic carbocycles. The summed E-state index contributed by atoms with van der Waals surface area (Å²) >= 11 is 0. The van der Waals surface area contributed by atoms with Crippen molar-refractivity contribution in [1.29, 1.82) is 0 Å². The maximum atomic E-state index is 12.0. The van der Waals surface area contributed by atoms with Gasteiger partial charge >= 0.3 is 0 Å². The maximum Gasteiger partial charge on any atom is 0.224 e. The third-order valence-corrected chi connectivity index (χ3v) is 3.25. The van der Waals surface area contributed by atoms with Crippen LogP contribution in [0, 0.1) is 6.92 Å². The molecule has 0 fully saturated rings. The Bertz CT molecular complexity index is 605. The summed E-state index contributed by atoms with van der Waals surface area (Å²) in [4.78, 5) is 12.0. The van der Waals surface area contributed by atoms with Crippen LogP contribution in [0.4, 0.5) is 0 Å². The molecule has 0 atom stereocenters. The maximum absolute atomic E-state index is 12.0. The summed E-state index contributed by atoms with van der Waals surface area (Å²) in [5.74, 6) is 2.06. The van der Waals surface area contributed by atoms with Crippen molar-refractivity contribution in [3.63, 3.8) is 0 Å². The molecule has 2 rings (SSSR count). The molecule has 1 N–H and O–H groups in total. The van der Waals surface area contributed by atoms with Crippen molar-refractivity contribution >= 4 is 5.91 Å². The molecule has 0 saturated heterocycles. The van der Waals surface area contributed by atoms with Gasteiger partial charge in [-0.1, -0.05) is 6.07 Å². The van der Waals surface area contributed by atoms with Crippen LogP contribution in [0.25, 0.3) is 0 Å². The Hall–Kier alpha value is -2.43. The van der Waals surface area contributed by atoms with Gasteiger partial charge in [-0.2, -0.15) is 0 Å². The summed E-state index contributed by atoms with van der Waals surface area (Å²) < 4.78 is 15.8. The SMILES string of the molecule is COc1ccc(CC(=O)NCc2ccco2)c(OC)c1C. The van der Waals surface area contributed by atoms with E-state index in [2.05, 4.69) is 5.32 Å². The molecule has 1 heterocycles. The van der Waals surface area contributed by atoms with Gasteiger partial charge in [0.2, 0.25) is 5.91 Å². The van der Waals surface area contributed by atoms with Gasteiger partial charge in [0.1, 0.15) is 17.3 Å². The summed E-state index contributed by atoms with van der Waals surface area (Å²) in [6.07, 6.45) is 1.83. The lowest BCUT2D eigenvalue weighted by molar-refractivity contribution is -0.120. The van der Waals surface area contributed by atoms with Crippen molar-refractivity contribution in [1.82, 2.24) is 5.32 Å². The van der Waals surface area contributed by atoms with Crippen LogP contribution in [0.1, 0.15) is 16.9 Å². The number of ether oxygens (including phenoxy) is 2. The molecule has 0 saturated carbocycles. The molecule has 0 radical (unpaired) electrons. The first-order valence-electron chi connectivity index (χ1n) is 6.65. The Morgan fingerprint density at radius 1 is 1.24 bits per heavy atom. The van der Waals surface area contributed by atoms with Crippen LogP contribution in [0.5, 0.6) is 11.5 Å². The summed E-state index contributed by atoms with van der Waals surface area (Å²) in [6, 6.07) is 7.29. The van der Waals surface area contributed by atoms with Crippen LogP contribution in [0.3, 0.4) is 0 Å². The molecule has 5 nitrogen and oxygen atoms in total. The number of amides is 1. The Balaban J connectivity index is 2.05. The summed E-state index contributed by atoms with van der Waals surface area (Å²) in [7, 11) is 3.20. The van der Waals surface area contributed by atoms with Gasteiger partial charge in [-0.25, -0.2) is 0 Å². The first-order valence-corrected chi connectivity index (χ1v) is 6.65. The van der Waals surface area contributed by atoms with E-state index >= 15 is 0 Å². The van der Waals surface area contributed by atoms with Gasteiger partial charge in [0.25, 0.3) is 0 Å². The number of methoxy groups -OCH3 is 2. The molecule has 112 valence electrons. The molecule has 1 aromatic heterocycles. The van der Waals surface area contributed by atoms with E-state index in [0.29, 0.717) is 12.3 Å². The lowest BCUT2D eigenvalue weighted by atomic mass is 10.1. The highest BCUT2D eigenvalue weighted by molar-refractivity contribution is 5.79. The van der Waals surface area contributed by atoms with Crippen LogP contribution in [-0.2, 0) is 17.8 Å². The monoisotopic (exact) mass is 289 g/mol. The van der Waals surface area contributed by atoms with E-state index in [1.807, 2.05) is 25.1 Å². The second-order valence-electron chi connectivity index (χ2n) is 4.62. The van der Waals surface area contributed by atoms with Crippen molar-refractivity contribution in [2.75, 3.05) is 14.2 Å². The number of carbonyl (C=O) groups excluding carboxylic acids is 1. The number of benzene rings is 1. The molecule has 2 aromatic rings. The zero-order valence-corrected chi connectivity index (χ0v) is 12.4. The van der Waals surface area contributed by atoms with E-state index in [-0.39, 0.29) is 12.3 Å². The van der Waals surface area contributed by atoms with Crippen molar-refractivity contribution in [3.8, 4) is 11.5 Å². The summed E-state index contributed by atoms with van der Waals surface area (Å²) in [5.41, 5.74) is 1.71. The Morgan fingerprint density at radius 2 is 2.05 bits per heavy atom. The van der Waals surface area contributed by atoms with Crippen LogP contribution in [0.15, 0.2) is 34.9 Å². The zero-order chi connectivity index (χ0) is 15.2. The highest BCUT2D eigenvalue weighted by Gasteiger charge is 2.14. The molecular weight excluding hydrogens is 270 g/mol. The molecule has 0 aliphatic carbocycles. The second kappa shape index (κ2) is 6.83. The van der Waals surface area contributed by atoms with Crippen LogP contribution < -0.4 is 14.8 Å². The van der Waals surface area contributed by atoms with E-state index < -0.39 is 0 Å². The predicted molar refractivity (Wildman–Crippen MR) is 78.5 cm³/mol. The van der Waals surface area contributed by atoms with E-state index in [9.17, 15) is 4.79 Å². The molecule has 1 amide bonds. The second-order valence-corrected chi connectivity index (χ2v) is 4.62. The summed E-state index contributed by atoms with van der Waals surface area (Å²) in [5, 5.41) is 2.81. The highest BCUT2D eigenvalue weighted by atomic mass is 16.5. The molecule has 0 aliphatic rings. The average molecular weight is 289 g/mol.